The minimum atomic E-state index is 0.00249. The Kier molecular flexibility index (Phi) is 6.81. The van der Waals surface area contributed by atoms with Crippen LogP contribution in [0.25, 0.3) is 0 Å². The molecule has 134 valence electrons. The fourth-order valence-electron chi connectivity index (χ4n) is 2.35. The first-order chi connectivity index (χ1) is 12.0. The summed E-state index contributed by atoms with van der Waals surface area (Å²) >= 11 is 0. The molecular formula is C20H27N3O2. The standard InChI is InChI=1S/C20H27N3O2/c1-5-6-13-23(4)20(24)16-7-12-19(21-14-16)22-17-8-10-18(11-9-17)25-15(2)3/h7-12,14-15H,5-6,13H2,1-4H3,(H,21,22). The molecular weight excluding hydrogens is 314 g/mol. The van der Waals surface area contributed by atoms with Gasteiger partial charge in [0, 0.05) is 25.5 Å². The number of nitrogens with one attached hydrogen (secondary N) is 1. The van der Waals surface area contributed by atoms with Crippen molar-refractivity contribution in [2.75, 3.05) is 18.9 Å². The molecule has 0 bridgehead atoms. The second-order valence-corrected chi connectivity index (χ2v) is 6.33. The van der Waals surface area contributed by atoms with Gasteiger partial charge in [0.25, 0.3) is 5.91 Å². The highest BCUT2D eigenvalue weighted by Crippen LogP contribution is 2.20. The van der Waals surface area contributed by atoms with Gasteiger partial charge in [-0.15, -0.1) is 0 Å². The summed E-state index contributed by atoms with van der Waals surface area (Å²) in [4.78, 5) is 18.4. The maximum atomic E-state index is 12.3. The van der Waals surface area contributed by atoms with Crippen LogP contribution in [0, 0.1) is 0 Å². The lowest BCUT2D eigenvalue weighted by molar-refractivity contribution is 0.0793. The van der Waals surface area contributed by atoms with Crippen molar-refractivity contribution in [3.63, 3.8) is 0 Å². The van der Waals surface area contributed by atoms with E-state index in [1.807, 2.05) is 51.2 Å². The number of amides is 1. The van der Waals surface area contributed by atoms with Gasteiger partial charge < -0.3 is 15.0 Å². The van der Waals surface area contributed by atoms with E-state index in [1.165, 1.54) is 0 Å². The van der Waals surface area contributed by atoms with Crippen LogP contribution < -0.4 is 10.1 Å². The molecule has 0 atom stereocenters. The van der Waals surface area contributed by atoms with Crippen molar-refractivity contribution >= 4 is 17.4 Å². The van der Waals surface area contributed by atoms with E-state index in [-0.39, 0.29) is 12.0 Å². The summed E-state index contributed by atoms with van der Waals surface area (Å²) in [5.74, 6) is 1.54. The molecule has 5 nitrogen and oxygen atoms in total. The summed E-state index contributed by atoms with van der Waals surface area (Å²) < 4.78 is 5.63. The average molecular weight is 341 g/mol. The summed E-state index contributed by atoms with van der Waals surface area (Å²) in [7, 11) is 1.82. The van der Waals surface area contributed by atoms with Crippen LogP contribution in [0.3, 0.4) is 0 Å². The number of hydrogen-bond acceptors (Lipinski definition) is 4. The molecule has 0 unspecified atom stereocenters. The van der Waals surface area contributed by atoms with Crippen molar-refractivity contribution < 1.29 is 9.53 Å². The smallest absolute Gasteiger partial charge is 0.255 e. The van der Waals surface area contributed by atoms with Crippen LogP contribution in [0.5, 0.6) is 5.75 Å². The zero-order valence-corrected chi connectivity index (χ0v) is 15.5. The fraction of sp³-hybridized carbons (Fsp3) is 0.400. The van der Waals surface area contributed by atoms with E-state index in [0.29, 0.717) is 11.4 Å². The molecule has 0 saturated heterocycles. The molecule has 2 aromatic rings. The Morgan fingerprint density at radius 3 is 2.48 bits per heavy atom. The van der Waals surface area contributed by atoms with E-state index in [2.05, 4.69) is 17.2 Å². The molecule has 0 aliphatic carbocycles. The van der Waals surface area contributed by atoms with Gasteiger partial charge in [-0.1, -0.05) is 13.3 Å². The highest BCUT2D eigenvalue weighted by atomic mass is 16.5. The molecule has 0 saturated carbocycles. The predicted octanol–water partition coefficient (Wildman–Crippen LogP) is 4.48. The van der Waals surface area contributed by atoms with E-state index in [4.69, 9.17) is 4.74 Å². The first-order valence-corrected chi connectivity index (χ1v) is 8.75. The van der Waals surface area contributed by atoms with Gasteiger partial charge in [-0.2, -0.15) is 0 Å². The number of hydrogen-bond donors (Lipinski definition) is 1. The van der Waals surface area contributed by atoms with Gasteiger partial charge >= 0.3 is 0 Å². The number of anilines is 2. The number of carbonyl (C=O) groups is 1. The Hall–Kier alpha value is -2.56. The van der Waals surface area contributed by atoms with Gasteiger partial charge in [0.2, 0.25) is 0 Å². The molecule has 0 radical (unpaired) electrons. The largest absolute Gasteiger partial charge is 0.491 e. The molecule has 25 heavy (non-hydrogen) atoms. The molecule has 1 heterocycles. The third kappa shape index (κ3) is 5.78. The predicted molar refractivity (Wildman–Crippen MR) is 102 cm³/mol. The van der Waals surface area contributed by atoms with E-state index >= 15 is 0 Å². The molecule has 0 fully saturated rings. The minimum Gasteiger partial charge on any atom is -0.491 e. The monoisotopic (exact) mass is 341 g/mol. The molecule has 0 spiro atoms. The third-order valence-electron chi connectivity index (χ3n) is 3.70. The Balaban J connectivity index is 1.97. The number of ether oxygens (including phenoxy) is 1. The number of benzene rings is 1. The Morgan fingerprint density at radius 1 is 1.20 bits per heavy atom. The second-order valence-electron chi connectivity index (χ2n) is 6.33. The molecule has 1 amide bonds. The van der Waals surface area contributed by atoms with Gasteiger partial charge in [0.05, 0.1) is 11.7 Å². The lowest BCUT2D eigenvalue weighted by Gasteiger charge is -2.16. The number of aromatic nitrogens is 1. The molecule has 1 aromatic heterocycles. The van der Waals surface area contributed by atoms with Crippen molar-refractivity contribution in [3.05, 3.63) is 48.2 Å². The second kappa shape index (κ2) is 9.06. The Bertz CT molecular complexity index is 666. The van der Waals surface area contributed by atoms with Gasteiger partial charge in [-0.25, -0.2) is 4.98 Å². The minimum absolute atomic E-state index is 0.00249. The SMILES string of the molecule is CCCCN(C)C(=O)c1ccc(Nc2ccc(OC(C)C)cc2)nc1. The summed E-state index contributed by atoms with van der Waals surface area (Å²) in [6, 6.07) is 11.3. The van der Waals surface area contributed by atoms with Gasteiger partial charge in [-0.3, -0.25) is 4.79 Å². The van der Waals surface area contributed by atoms with E-state index in [0.717, 1.165) is 30.8 Å². The normalized spacial score (nSPS) is 10.6. The third-order valence-corrected chi connectivity index (χ3v) is 3.70. The molecule has 1 N–H and O–H groups in total. The number of rotatable bonds is 8. The van der Waals surface area contributed by atoms with Crippen molar-refractivity contribution in [1.29, 1.82) is 0 Å². The highest BCUT2D eigenvalue weighted by Gasteiger charge is 2.11. The zero-order valence-electron chi connectivity index (χ0n) is 15.5. The number of nitrogens with zero attached hydrogens (tertiary/aromatic N) is 2. The highest BCUT2D eigenvalue weighted by molar-refractivity contribution is 5.93. The van der Waals surface area contributed by atoms with Crippen LogP contribution in [0.2, 0.25) is 0 Å². The maximum Gasteiger partial charge on any atom is 0.255 e. The van der Waals surface area contributed by atoms with Gasteiger partial charge in [0.15, 0.2) is 0 Å². The topological polar surface area (TPSA) is 54.5 Å². The summed E-state index contributed by atoms with van der Waals surface area (Å²) in [6.45, 7) is 6.87. The lowest BCUT2D eigenvalue weighted by Crippen LogP contribution is -2.27. The van der Waals surface area contributed by atoms with Gasteiger partial charge in [-0.05, 0) is 56.7 Å². The zero-order chi connectivity index (χ0) is 18.2. The lowest BCUT2D eigenvalue weighted by atomic mass is 10.2. The summed E-state index contributed by atoms with van der Waals surface area (Å²) in [5.41, 5.74) is 1.52. The van der Waals surface area contributed by atoms with Crippen molar-refractivity contribution in [3.8, 4) is 5.75 Å². The molecule has 5 heteroatoms. The number of unbranched alkanes of at least 4 members (excludes halogenated alkanes) is 1. The summed E-state index contributed by atoms with van der Waals surface area (Å²) in [6.07, 6.45) is 3.84. The molecule has 1 aromatic carbocycles. The van der Waals surface area contributed by atoms with Gasteiger partial charge in [0.1, 0.15) is 11.6 Å². The van der Waals surface area contributed by atoms with Crippen molar-refractivity contribution in [1.82, 2.24) is 9.88 Å². The van der Waals surface area contributed by atoms with Crippen LogP contribution in [-0.4, -0.2) is 35.5 Å². The van der Waals surface area contributed by atoms with Crippen LogP contribution in [0.1, 0.15) is 44.0 Å². The fourth-order valence-corrected chi connectivity index (χ4v) is 2.35. The van der Waals surface area contributed by atoms with E-state index < -0.39 is 0 Å². The average Bonchev–Trinajstić information content (AvgIpc) is 2.61. The number of pyridine rings is 1. The van der Waals surface area contributed by atoms with Crippen LogP contribution in [0.15, 0.2) is 42.6 Å². The Morgan fingerprint density at radius 2 is 1.92 bits per heavy atom. The van der Waals surface area contributed by atoms with E-state index in [9.17, 15) is 4.79 Å². The molecule has 2 rings (SSSR count). The van der Waals surface area contributed by atoms with Crippen molar-refractivity contribution in [2.45, 2.75) is 39.7 Å². The molecule has 0 aliphatic heterocycles. The maximum absolute atomic E-state index is 12.3. The van der Waals surface area contributed by atoms with Crippen LogP contribution >= 0.6 is 0 Å². The van der Waals surface area contributed by atoms with Crippen molar-refractivity contribution in [2.24, 2.45) is 0 Å². The molecule has 0 aliphatic rings. The van der Waals surface area contributed by atoms with E-state index in [1.54, 1.807) is 17.2 Å². The first kappa shape index (κ1) is 18.8. The number of carbonyl (C=O) groups excluding carboxylic acids is 1. The quantitative estimate of drug-likeness (QED) is 0.769. The first-order valence-electron chi connectivity index (χ1n) is 8.75. The van der Waals surface area contributed by atoms with Crippen LogP contribution in [0.4, 0.5) is 11.5 Å². The van der Waals surface area contributed by atoms with Crippen LogP contribution in [-0.2, 0) is 0 Å². The Labute approximate surface area is 150 Å². The summed E-state index contributed by atoms with van der Waals surface area (Å²) in [5, 5.41) is 3.22.